The van der Waals surface area contributed by atoms with Crippen LogP contribution in [0.25, 0.3) is 0 Å². The number of esters is 1. The summed E-state index contributed by atoms with van der Waals surface area (Å²) >= 11 is 0. The van der Waals surface area contributed by atoms with E-state index in [4.69, 9.17) is 4.74 Å². The molecule has 0 aliphatic carbocycles. The van der Waals surface area contributed by atoms with Gasteiger partial charge in [0.05, 0.1) is 7.11 Å². The smallest absolute Gasteiger partial charge is 0.411 e. The van der Waals surface area contributed by atoms with Gasteiger partial charge in [-0.2, -0.15) is 0 Å². The number of amides is 2. The first-order valence-corrected chi connectivity index (χ1v) is 6.05. The fourth-order valence-corrected chi connectivity index (χ4v) is 1.93. The highest BCUT2D eigenvalue weighted by Crippen LogP contribution is 2.22. The number of hydrogen-bond donors (Lipinski definition) is 1. The Labute approximate surface area is 112 Å². The Balaban J connectivity index is 2.79. The first kappa shape index (κ1) is 15.3. The highest BCUT2D eigenvalue weighted by molar-refractivity contribution is 5.82. The van der Waals surface area contributed by atoms with Crippen molar-refractivity contribution in [3.63, 3.8) is 0 Å². The van der Waals surface area contributed by atoms with Crippen LogP contribution in [0.1, 0.15) is 27.2 Å². The van der Waals surface area contributed by atoms with Gasteiger partial charge in [0.2, 0.25) is 6.41 Å². The molecule has 0 spiro atoms. The molecule has 19 heavy (non-hydrogen) atoms. The second-order valence-corrected chi connectivity index (χ2v) is 5.39. The molecule has 0 saturated carbocycles. The van der Waals surface area contributed by atoms with E-state index in [1.165, 1.54) is 12.0 Å². The summed E-state index contributed by atoms with van der Waals surface area (Å²) in [5, 5.41) is 2.56. The molecule has 1 unspecified atom stereocenters. The van der Waals surface area contributed by atoms with Crippen LogP contribution in [0.3, 0.4) is 0 Å². The Hall–Kier alpha value is -1.79. The van der Waals surface area contributed by atoms with Crippen LogP contribution in [0, 0.1) is 0 Å². The SMILES string of the molecule is COC(=O)[C@@H]1CC(NC=O)CN1C(=O)OC(C)(C)C. The molecule has 7 nitrogen and oxygen atoms in total. The molecule has 1 aliphatic rings. The average molecular weight is 272 g/mol. The van der Waals surface area contributed by atoms with Gasteiger partial charge in [0.1, 0.15) is 11.6 Å². The summed E-state index contributed by atoms with van der Waals surface area (Å²) in [6.07, 6.45) is 0.292. The lowest BCUT2D eigenvalue weighted by atomic mass is 10.2. The van der Waals surface area contributed by atoms with Crippen LogP contribution in [-0.4, -0.2) is 54.7 Å². The van der Waals surface area contributed by atoms with Crippen molar-refractivity contribution in [1.82, 2.24) is 10.2 Å². The molecule has 2 amide bonds. The van der Waals surface area contributed by atoms with Crippen LogP contribution in [0.15, 0.2) is 0 Å². The number of rotatable bonds is 3. The normalized spacial score (nSPS) is 22.8. The van der Waals surface area contributed by atoms with Gasteiger partial charge in [0.15, 0.2) is 0 Å². The van der Waals surface area contributed by atoms with Crippen LogP contribution in [-0.2, 0) is 19.1 Å². The minimum absolute atomic E-state index is 0.230. The Morgan fingerprint density at radius 1 is 1.37 bits per heavy atom. The molecule has 1 heterocycles. The predicted molar refractivity (Wildman–Crippen MR) is 66.3 cm³/mol. The molecule has 0 radical (unpaired) electrons. The second kappa shape index (κ2) is 5.90. The number of carbonyl (C=O) groups is 3. The molecule has 7 heteroatoms. The van der Waals surface area contributed by atoms with Crippen LogP contribution in [0.4, 0.5) is 4.79 Å². The molecule has 1 saturated heterocycles. The van der Waals surface area contributed by atoms with Crippen LogP contribution in [0.2, 0.25) is 0 Å². The molecule has 1 rings (SSSR count). The predicted octanol–water partition coefficient (Wildman–Crippen LogP) is 0.283. The molecule has 1 aliphatic heterocycles. The van der Waals surface area contributed by atoms with E-state index in [0.29, 0.717) is 12.8 Å². The van der Waals surface area contributed by atoms with Crippen molar-refractivity contribution in [3.8, 4) is 0 Å². The zero-order chi connectivity index (χ0) is 14.6. The topological polar surface area (TPSA) is 84.9 Å². The quantitative estimate of drug-likeness (QED) is 0.589. The number of hydrogen-bond acceptors (Lipinski definition) is 5. The minimum Gasteiger partial charge on any atom is -0.467 e. The summed E-state index contributed by atoms with van der Waals surface area (Å²) in [5.74, 6) is -0.513. The van der Waals surface area contributed by atoms with Crippen molar-refractivity contribution in [2.75, 3.05) is 13.7 Å². The van der Waals surface area contributed by atoms with Gasteiger partial charge in [0, 0.05) is 19.0 Å². The third-order valence-electron chi connectivity index (χ3n) is 2.71. The molecule has 2 atom stereocenters. The maximum Gasteiger partial charge on any atom is 0.411 e. The maximum atomic E-state index is 12.0. The second-order valence-electron chi connectivity index (χ2n) is 5.39. The summed E-state index contributed by atoms with van der Waals surface area (Å²) in [4.78, 5) is 35.4. The molecular formula is C12H20N2O5. The highest BCUT2D eigenvalue weighted by Gasteiger charge is 2.42. The largest absolute Gasteiger partial charge is 0.467 e. The van der Waals surface area contributed by atoms with E-state index in [1.807, 2.05) is 0 Å². The van der Waals surface area contributed by atoms with Crippen molar-refractivity contribution in [1.29, 1.82) is 0 Å². The van der Waals surface area contributed by atoms with E-state index < -0.39 is 23.7 Å². The third kappa shape index (κ3) is 4.11. The highest BCUT2D eigenvalue weighted by atomic mass is 16.6. The van der Waals surface area contributed by atoms with Crippen molar-refractivity contribution in [3.05, 3.63) is 0 Å². The zero-order valence-electron chi connectivity index (χ0n) is 11.6. The van der Waals surface area contributed by atoms with E-state index in [9.17, 15) is 14.4 Å². The Bertz CT molecular complexity index is 364. The number of methoxy groups -OCH3 is 1. The molecule has 1 N–H and O–H groups in total. The summed E-state index contributed by atoms with van der Waals surface area (Å²) in [5.41, 5.74) is -0.645. The van der Waals surface area contributed by atoms with Gasteiger partial charge in [-0.25, -0.2) is 9.59 Å². The van der Waals surface area contributed by atoms with Gasteiger partial charge in [0.25, 0.3) is 0 Å². The summed E-state index contributed by atoms with van der Waals surface area (Å²) in [6, 6.07) is -0.994. The Morgan fingerprint density at radius 3 is 2.47 bits per heavy atom. The molecule has 0 bridgehead atoms. The zero-order valence-corrected chi connectivity index (χ0v) is 11.6. The number of nitrogens with zero attached hydrogens (tertiary/aromatic N) is 1. The molecule has 108 valence electrons. The van der Waals surface area contributed by atoms with Crippen LogP contribution in [0.5, 0.6) is 0 Å². The standard InChI is InChI=1S/C12H20N2O5/c1-12(2,3)19-11(17)14-6-8(13-7-15)5-9(14)10(16)18-4/h7-9H,5-6H2,1-4H3,(H,13,15)/t8?,9-/m0/s1. The molecular weight excluding hydrogens is 252 g/mol. The average Bonchev–Trinajstić information content (AvgIpc) is 2.70. The fourth-order valence-electron chi connectivity index (χ4n) is 1.93. The lowest BCUT2D eigenvalue weighted by molar-refractivity contribution is -0.145. The van der Waals surface area contributed by atoms with Crippen molar-refractivity contribution in [2.24, 2.45) is 0 Å². The maximum absolute atomic E-state index is 12.0. The van der Waals surface area contributed by atoms with E-state index in [1.54, 1.807) is 20.8 Å². The first-order valence-electron chi connectivity index (χ1n) is 6.05. The molecule has 1 fully saturated rings. The van der Waals surface area contributed by atoms with Crippen molar-refractivity contribution in [2.45, 2.75) is 44.9 Å². The Morgan fingerprint density at radius 2 is 2.00 bits per heavy atom. The van der Waals surface area contributed by atoms with E-state index in [0.717, 1.165) is 0 Å². The van der Waals surface area contributed by atoms with Crippen LogP contribution >= 0.6 is 0 Å². The summed E-state index contributed by atoms with van der Waals surface area (Å²) in [6.45, 7) is 5.47. The summed E-state index contributed by atoms with van der Waals surface area (Å²) < 4.78 is 9.90. The Kier molecular flexibility index (Phi) is 4.74. The number of carbonyl (C=O) groups excluding carboxylic acids is 3. The van der Waals surface area contributed by atoms with Gasteiger partial charge in [-0.1, -0.05) is 0 Å². The van der Waals surface area contributed by atoms with E-state index in [-0.39, 0.29) is 12.6 Å². The number of likely N-dealkylation sites (tertiary alicyclic amines) is 1. The number of nitrogens with one attached hydrogen (secondary N) is 1. The molecule has 0 aromatic rings. The van der Waals surface area contributed by atoms with E-state index >= 15 is 0 Å². The third-order valence-corrected chi connectivity index (χ3v) is 2.71. The van der Waals surface area contributed by atoms with Gasteiger partial charge >= 0.3 is 12.1 Å². The van der Waals surface area contributed by atoms with Gasteiger partial charge < -0.3 is 14.8 Å². The van der Waals surface area contributed by atoms with Gasteiger partial charge in [-0.05, 0) is 20.8 Å². The minimum atomic E-state index is -0.725. The van der Waals surface area contributed by atoms with Crippen molar-refractivity contribution >= 4 is 18.5 Å². The first-order chi connectivity index (χ1) is 8.78. The van der Waals surface area contributed by atoms with Gasteiger partial charge in [-0.15, -0.1) is 0 Å². The van der Waals surface area contributed by atoms with Gasteiger partial charge in [-0.3, -0.25) is 9.69 Å². The lowest BCUT2D eigenvalue weighted by Crippen LogP contribution is -2.44. The summed E-state index contributed by atoms with van der Waals surface area (Å²) in [7, 11) is 1.26. The lowest BCUT2D eigenvalue weighted by Gasteiger charge is -2.27. The van der Waals surface area contributed by atoms with E-state index in [2.05, 4.69) is 10.1 Å². The fraction of sp³-hybridized carbons (Fsp3) is 0.750. The molecule has 0 aromatic heterocycles. The molecule has 0 aromatic carbocycles. The number of ether oxygens (including phenoxy) is 2. The monoisotopic (exact) mass is 272 g/mol. The van der Waals surface area contributed by atoms with Crippen molar-refractivity contribution < 1.29 is 23.9 Å². The van der Waals surface area contributed by atoms with Crippen LogP contribution < -0.4 is 5.32 Å².